The van der Waals surface area contributed by atoms with Crippen LogP contribution in [0, 0.1) is 12.7 Å². The number of aryl methyl sites for hydroxylation is 1. The van der Waals surface area contributed by atoms with Crippen molar-refractivity contribution in [1.29, 1.82) is 0 Å². The number of nitrogens with zero attached hydrogens (tertiary/aromatic N) is 3. The van der Waals surface area contributed by atoms with Gasteiger partial charge >= 0.3 is 0 Å². The summed E-state index contributed by atoms with van der Waals surface area (Å²) in [4.78, 5) is 21.3. The monoisotopic (exact) mass is 342 g/mol. The quantitative estimate of drug-likeness (QED) is 0.926. The molecule has 3 rings (SSSR count). The molecule has 1 aliphatic heterocycles. The van der Waals surface area contributed by atoms with Crippen molar-refractivity contribution in [1.82, 2.24) is 15.2 Å². The number of anilines is 1. The van der Waals surface area contributed by atoms with Crippen molar-refractivity contribution < 1.29 is 9.18 Å². The second-order valence-electron chi connectivity index (χ2n) is 6.45. The Hall–Kier alpha value is -2.47. The summed E-state index contributed by atoms with van der Waals surface area (Å²) in [5.74, 6) is 0.258. The number of carbonyl (C=O) groups excluding carboxylic acids is 1. The number of amides is 1. The summed E-state index contributed by atoms with van der Waals surface area (Å²) in [5.41, 5.74) is 2.10. The van der Waals surface area contributed by atoms with Gasteiger partial charge in [0.25, 0.3) is 5.91 Å². The molecule has 1 N–H and O–H groups in total. The summed E-state index contributed by atoms with van der Waals surface area (Å²) < 4.78 is 13.4. The van der Waals surface area contributed by atoms with Gasteiger partial charge < -0.3 is 15.1 Å². The van der Waals surface area contributed by atoms with Gasteiger partial charge in [0.1, 0.15) is 11.6 Å². The van der Waals surface area contributed by atoms with E-state index >= 15 is 0 Å². The molecule has 0 atom stereocenters. The fourth-order valence-electron chi connectivity index (χ4n) is 2.90. The first-order valence-corrected chi connectivity index (χ1v) is 8.46. The number of hydrogen-bond donors (Lipinski definition) is 1. The van der Waals surface area contributed by atoms with Gasteiger partial charge in [-0.1, -0.05) is 6.07 Å². The number of pyridine rings is 1. The van der Waals surface area contributed by atoms with Crippen molar-refractivity contribution in [3.05, 3.63) is 59.0 Å². The fraction of sp³-hybridized carbons (Fsp3) is 0.368. The molecule has 6 heteroatoms. The summed E-state index contributed by atoms with van der Waals surface area (Å²) in [6, 6.07) is 8.13. The van der Waals surface area contributed by atoms with Crippen LogP contribution in [0.2, 0.25) is 0 Å². The number of aromatic nitrogens is 1. The highest BCUT2D eigenvalue weighted by molar-refractivity contribution is 5.95. The van der Waals surface area contributed by atoms with Crippen LogP contribution in [-0.2, 0) is 6.54 Å². The molecule has 2 heterocycles. The van der Waals surface area contributed by atoms with Gasteiger partial charge in [0.2, 0.25) is 0 Å². The van der Waals surface area contributed by atoms with E-state index in [1.165, 1.54) is 12.1 Å². The van der Waals surface area contributed by atoms with E-state index in [-0.39, 0.29) is 5.91 Å². The zero-order valence-corrected chi connectivity index (χ0v) is 14.6. The second kappa shape index (κ2) is 7.61. The van der Waals surface area contributed by atoms with Crippen LogP contribution in [0.15, 0.2) is 36.5 Å². The molecule has 0 bridgehead atoms. The lowest BCUT2D eigenvalue weighted by Crippen LogP contribution is -2.44. The molecule has 0 aliphatic carbocycles. The molecule has 132 valence electrons. The highest BCUT2D eigenvalue weighted by atomic mass is 19.1. The molecule has 1 aliphatic rings. The normalized spacial score (nSPS) is 15.2. The van der Waals surface area contributed by atoms with Gasteiger partial charge in [0.15, 0.2) is 0 Å². The third-order valence-corrected chi connectivity index (χ3v) is 4.53. The highest BCUT2D eigenvalue weighted by Gasteiger charge is 2.16. The second-order valence-corrected chi connectivity index (χ2v) is 6.45. The molecule has 0 spiro atoms. The maximum absolute atomic E-state index is 13.4. The van der Waals surface area contributed by atoms with E-state index in [0.29, 0.717) is 12.1 Å². The Labute approximate surface area is 147 Å². The van der Waals surface area contributed by atoms with Gasteiger partial charge in [-0.15, -0.1) is 0 Å². The van der Waals surface area contributed by atoms with Crippen molar-refractivity contribution >= 4 is 11.7 Å². The minimum absolute atomic E-state index is 0.269. The molecule has 5 nitrogen and oxygen atoms in total. The van der Waals surface area contributed by atoms with Gasteiger partial charge in [-0.3, -0.25) is 4.79 Å². The van der Waals surface area contributed by atoms with Crippen molar-refractivity contribution in [2.24, 2.45) is 0 Å². The van der Waals surface area contributed by atoms with Crippen LogP contribution in [0.1, 0.15) is 21.5 Å². The van der Waals surface area contributed by atoms with Crippen molar-refractivity contribution in [2.45, 2.75) is 13.5 Å². The number of rotatable bonds is 4. The average molecular weight is 342 g/mol. The van der Waals surface area contributed by atoms with Crippen LogP contribution >= 0.6 is 0 Å². The van der Waals surface area contributed by atoms with Gasteiger partial charge in [0.05, 0.1) is 0 Å². The molecular formula is C19H23FN4O. The first-order valence-electron chi connectivity index (χ1n) is 8.46. The number of likely N-dealkylation sites (N-methyl/N-ethyl adjacent to an activating group) is 1. The summed E-state index contributed by atoms with van der Waals surface area (Å²) in [6.45, 7) is 6.11. The lowest BCUT2D eigenvalue weighted by molar-refractivity contribution is 0.0950. The summed E-state index contributed by atoms with van der Waals surface area (Å²) in [5, 5.41) is 2.86. The number of halogens is 1. The molecular weight excluding hydrogens is 319 g/mol. The van der Waals surface area contributed by atoms with Gasteiger partial charge in [-0.2, -0.15) is 0 Å². The maximum Gasteiger partial charge on any atom is 0.251 e. The van der Waals surface area contributed by atoms with Crippen molar-refractivity contribution in [2.75, 3.05) is 38.1 Å². The van der Waals surface area contributed by atoms with Crippen LogP contribution in [0.25, 0.3) is 0 Å². The molecule has 25 heavy (non-hydrogen) atoms. The Morgan fingerprint density at radius 1 is 1.20 bits per heavy atom. The molecule has 1 amide bonds. The molecule has 1 fully saturated rings. The van der Waals surface area contributed by atoms with Crippen LogP contribution in [0.3, 0.4) is 0 Å². The largest absolute Gasteiger partial charge is 0.354 e. The van der Waals surface area contributed by atoms with E-state index in [1.807, 2.05) is 12.1 Å². The summed E-state index contributed by atoms with van der Waals surface area (Å²) >= 11 is 0. The Balaban J connectivity index is 1.64. The Morgan fingerprint density at radius 3 is 2.72 bits per heavy atom. The zero-order valence-electron chi connectivity index (χ0n) is 14.6. The van der Waals surface area contributed by atoms with Crippen molar-refractivity contribution in [3.63, 3.8) is 0 Å². The summed E-state index contributed by atoms with van der Waals surface area (Å²) in [7, 11) is 2.12. The molecule has 0 radical (unpaired) electrons. The van der Waals surface area contributed by atoms with E-state index in [1.54, 1.807) is 19.2 Å². The Bertz CT molecular complexity index is 757. The lowest BCUT2D eigenvalue weighted by atomic mass is 10.1. The predicted octanol–water partition coefficient (Wildman–Crippen LogP) is 2.21. The molecule has 0 saturated carbocycles. The van der Waals surface area contributed by atoms with Crippen molar-refractivity contribution in [3.8, 4) is 0 Å². The predicted molar refractivity (Wildman–Crippen MR) is 96.3 cm³/mol. The number of benzene rings is 1. The van der Waals surface area contributed by atoms with Crippen LogP contribution < -0.4 is 10.2 Å². The third-order valence-electron chi connectivity index (χ3n) is 4.53. The van der Waals surface area contributed by atoms with Crippen LogP contribution in [-0.4, -0.2) is 49.0 Å². The van der Waals surface area contributed by atoms with E-state index in [9.17, 15) is 9.18 Å². The van der Waals surface area contributed by atoms with Gasteiger partial charge in [-0.05, 0) is 49.4 Å². The molecule has 1 aromatic heterocycles. The minimum Gasteiger partial charge on any atom is -0.354 e. The number of carbonyl (C=O) groups is 1. The Morgan fingerprint density at radius 2 is 1.96 bits per heavy atom. The SMILES string of the molecule is Cc1ccc(F)cc1C(=O)NCc1ccnc(N2CCN(C)CC2)c1. The first-order chi connectivity index (χ1) is 12.0. The summed E-state index contributed by atoms with van der Waals surface area (Å²) in [6.07, 6.45) is 1.77. The zero-order chi connectivity index (χ0) is 17.8. The molecule has 1 aromatic carbocycles. The highest BCUT2D eigenvalue weighted by Crippen LogP contribution is 2.15. The van der Waals surface area contributed by atoms with Crippen LogP contribution in [0.5, 0.6) is 0 Å². The molecule has 0 unspecified atom stereocenters. The van der Waals surface area contributed by atoms with Gasteiger partial charge in [-0.25, -0.2) is 9.37 Å². The Kier molecular flexibility index (Phi) is 5.28. The van der Waals surface area contributed by atoms with E-state index in [2.05, 4.69) is 27.1 Å². The fourth-order valence-corrected chi connectivity index (χ4v) is 2.90. The topological polar surface area (TPSA) is 48.5 Å². The number of hydrogen-bond acceptors (Lipinski definition) is 4. The lowest BCUT2D eigenvalue weighted by Gasteiger charge is -2.33. The number of piperazine rings is 1. The average Bonchev–Trinajstić information content (AvgIpc) is 2.62. The third kappa shape index (κ3) is 4.33. The van der Waals surface area contributed by atoms with E-state index in [4.69, 9.17) is 0 Å². The number of nitrogens with one attached hydrogen (secondary N) is 1. The minimum atomic E-state index is -0.406. The maximum atomic E-state index is 13.4. The van der Waals surface area contributed by atoms with E-state index in [0.717, 1.165) is 43.1 Å². The van der Waals surface area contributed by atoms with Gasteiger partial charge in [0, 0.05) is 44.5 Å². The smallest absolute Gasteiger partial charge is 0.251 e. The van der Waals surface area contributed by atoms with E-state index < -0.39 is 5.82 Å². The molecule has 2 aromatic rings. The standard InChI is InChI=1S/C19H23FN4O/c1-14-3-4-16(20)12-17(14)19(25)22-13-15-5-6-21-18(11-15)24-9-7-23(2)8-10-24/h3-6,11-12H,7-10,13H2,1-2H3,(H,22,25). The molecule has 1 saturated heterocycles. The van der Waals surface area contributed by atoms with Crippen LogP contribution in [0.4, 0.5) is 10.2 Å². The first kappa shape index (κ1) is 17.4.